The van der Waals surface area contributed by atoms with Gasteiger partial charge >= 0.3 is 0 Å². The van der Waals surface area contributed by atoms with E-state index < -0.39 is 0 Å². The first-order valence-corrected chi connectivity index (χ1v) is 11.6. The highest BCUT2D eigenvalue weighted by atomic mass is 32.2. The van der Waals surface area contributed by atoms with Gasteiger partial charge in [-0.05, 0) is 56.0 Å². The molecule has 0 aliphatic carbocycles. The zero-order valence-corrected chi connectivity index (χ0v) is 18.9. The van der Waals surface area contributed by atoms with Crippen LogP contribution in [0.3, 0.4) is 0 Å². The van der Waals surface area contributed by atoms with Crippen LogP contribution in [0.15, 0.2) is 70.8 Å². The van der Waals surface area contributed by atoms with E-state index in [1.165, 1.54) is 11.1 Å². The minimum atomic E-state index is -0.0711. The SMILES string of the molecule is CCc1cccc(NC(=O)[C@@H]2CCCN(c3nccnc3Sc3ccc(C)cc3)C2)c1. The second kappa shape index (κ2) is 9.96. The standard InChI is InChI=1S/C25H28N4OS/c1-3-19-6-4-8-21(16-19)28-24(30)20-7-5-15-29(17-20)23-25(27-14-13-26-23)31-22-11-9-18(2)10-12-22/h4,6,8-14,16,20H,3,5,7,15,17H2,1-2H3,(H,28,30)/t20-/m1/s1. The number of nitrogens with zero attached hydrogens (tertiary/aromatic N) is 3. The Balaban J connectivity index is 1.47. The number of hydrogen-bond donors (Lipinski definition) is 1. The number of amides is 1. The Hall–Kier alpha value is -2.86. The van der Waals surface area contributed by atoms with Crippen LogP contribution in [0.5, 0.6) is 0 Å². The van der Waals surface area contributed by atoms with Crippen LogP contribution >= 0.6 is 11.8 Å². The third kappa shape index (κ3) is 5.44. The summed E-state index contributed by atoms with van der Waals surface area (Å²) in [6.07, 6.45) is 6.26. The van der Waals surface area contributed by atoms with Crippen LogP contribution < -0.4 is 10.2 Å². The maximum Gasteiger partial charge on any atom is 0.229 e. The van der Waals surface area contributed by atoms with Gasteiger partial charge in [-0.2, -0.15) is 0 Å². The molecule has 0 radical (unpaired) electrons. The van der Waals surface area contributed by atoms with Gasteiger partial charge in [0.2, 0.25) is 5.91 Å². The Kier molecular flexibility index (Phi) is 6.87. The molecular weight excluding hydrogens is 404 g/mol. The molecule has 4 rings (SSSR count). The van der Waals surface area contributed by atoms with Gasteiger partial charge in [0.15, 0.2) is 5.82 Å². The van der Waals surface area contributed by atoms with Crippen molar-refractivity contribution in [1.29, 1.82) is 0 Å². The number of nitrogens with one attached hydrogen (secondary N) is 1. The van der Waals surface area contributed by atoms with Crippen molar-refractivity contribution in [3.63, 3.8) is 0 Å². The van der Waals surface area contributed by atoms with Crippen LogP contribution in [0.25, 0.3) is 0 Å². The molecule has 0 bridgehead atoms. The van der Waals surface area contributed by atoms with Crippen molar-refractivity contribution in [3.05, 3.63) is 72.1 Å². The number of aryl methyl sites for hydroxylation is 2. The predicted molar refractivity (Wildman–Crippen MR) is 127 cm³/mol. The lowest BCUT2D eigenvalue weighted by atomic mass is 9.97. The minimum Gasteiger partial charge on any atom is -0.354 e. The van der Waals surface area contributed by atoms with Crippen molar-refractivity contribution < 1.29 is 4.79 Å². The van der Waals surface area contributed by atoms with E-state index in [0.717, 1.165) is 47.2 Å². The third-order valence-corrected chi connectivity index (χ3v) is 6.57. The fraction of sp³-hybridized carbons (Fsp3) is 0.320. The topological polar surface area (TPSA) is 58.1 Å². The molecule has 31 heavy (non-hydrogen) atoms. The van der Waals surface area contributed by atoms with Crippen molar-refractivity contribution in [3.8, 4) is 0 Å². The van der Waals surface area contributed by atoms with E-state index in [4.69, 9.17) is 0 Å². The normalized spacial score (nSPS) is 16.2. The maximum atomic E-state index is 13.0. The molecule has 0 unspecified atom stereocenters. The van der Waals surface area contributed by atoms with E-state index in [1.54, 1.807) is 24.2 Å². The van der Waals surface area contributed by atoms with E-state index in [0.29, 0.717) is 6.54 Å². The number of rotatable bonds is 6. The zero-order chi connectivity index (χ0) is 21.6. The van der Waals surface area contributed by atoms with E-state index in [-0.39, 0.29) is 11.8 Å². The lowest BCUT2D eigenvalue weighted by Gasteiger charge is -2.33. The molecule has 1 N–H and O–H groups in total. The molecule has 2 heterocycles. The Morgan fingerprint density at radius 3 is 2.77 bits per heavy atom. The second-order valence-electron chi connectivity index (χ2n) is 7.93. The first-order valence-electron chi connectivity index (χ1n) is 10.8. The van der Waals surface area contributed by atoms with Gasteiger partial charge in [0.05, 0.1) is 5.92 Å². The Bertz CT molecular complexity index is 1040. The molecule has 1 aliphatic rings. The molecule has 0 saturated carbocycles. The Morgan fingerprint density at radius 1 is 1.16 bits per heavy atom. The average molecular weight is 433 g/mol. The quantitative estimate of drug-likeness (QED) is 0.569. The Labute approximate surface area is 188 Å². The first kappa shape index (κ1) is 21.4. The molecule has 1 aliphatic heterocycles. The molecule has 1 saturated heterocycles. The summed E-state index contributed by atoms with van der Waals surface area (Å²) >= 11 is 1.62. The number of aromatic nitrogens is 2. The molecule has 5 nitrogen and oxygen atoms in total. The van der Waals surface area contributed by atoms with Gasteiger partial charge in [0.1, 0.15) is 5.03 Å². The summed E-state index contributed by atoms with van der Waals surface area (Å²) < 4.78 is 0. The van der Waals surface area contributed by atoms with E-state index in [2.05, 4.69) is 70.4 Å². The van der Waals surface area contributed by atoms with Crippen molar-refractivity contribution in [2.24, 2.45) is 5.92 Å². The number of benzene rings is 2. The average Bonchev–Trinajstić information content (AvgIpc) is 2.81. The number of piperidine rings is 1. The summed E-state index contributed by atoms with van der Waals surface area (Å²) in [6.45, 7) is 5.74. The molecule has 6 heteroatoms. The largest absolute Gasteiger partial charge is 0.354 e. The molecule has 160 valence electrons. The van der Waals surface area contributed by atoms with Gasteiger partial charge in [-0.1, -0.05) is 48.5 Å². The number of hydrogen-bond acceptors (Lipinski definition) is 5. The zero-order valence-electron chi connectivity index (χ0n) is 18.0. The molecule has 1 atom stereocenters. The second-order valence-corrected chi connectivity index (χ2v) is 8.99. The number of carbonyl (C=O) groups excluding carboxylic acids is 1. The van der Waals surface area contributed by atoms with Gasteiger partial charge in [-0.25, -0.2) is 9.97 Å². The maximum absolute atomic E-state index is 13.0. The predicted octanol–water partition coefficient (Wildman–Crippen LogP) is 5.35. The van der Waals surface area contributed by atoms with E-state index in [1.807, 2.05) is 12.1 Å². The van der Waals surface area contributed by atoms with Crippen molar-refractivity contribution in [1.82, 2.24) is 9.97 Å². The molecule has 1 fully saturated rings. The van der Waals surface area contributed by atoms with Gasteiger partial charge in [-0.3, -0.25) is 4.79 Å². The van der Waals surface area contributed by atoms with E-state index in [9.17, 15) is 4.79 Å². The summed E-state index contributed by atoms with van der Waals surface area (Å²) in [6, 6.07) is 16.5. The molecule has 1 aromatic heterocycles. The fourth-order valence-corrected chi connectivity index (χ4v) is 4.70. The Morgan fingerprint density at radius 2 is 1.97 bits per heavy atom. The van der Waals surface area contributed by atoms with Crippen LogP contribution in [0.4, 0.5) is 11.5 Å². The van der Waals surface area contributed by atoms with Crippen molar-refractivity contribution in [2.45, 2.75) is 43.0 Å². The lowest BCUT2D eigenvalue weighted by molar-refractivity contribution is -0.120. The smallest absolute Gasteiger partial charge is 0.229 e. The highest BCUT2D eigenvalue weighted by Gasteiger charge is 2.28. The summed E-state index contributed by atoms with van der Waals surface area (Å²) in [4.78, 5) is 25.5. The molecule has 2 aromatic carbocycles. The summed E-state index contributed by atoms with van der Waals surface area (Å²) in [5.41, 5.74) is 3.33. The van der Waals surface area contributed by atoms with Crippen LogP contribution in [-0.4, -0.2) is 29.0 Å². The summed E-state index contributed by atoms with van der Waals surface area (Å²) in [5.74, 6) is 0.867. The lowest BCUT2D eigenvalue weighted by Crippen LogP contribution is -2.41. The third-order valence-electron chi connectivity index (χ3n) is 5.58. The monoisotopic (exact) mass is 432 g/mol. The minimum absolute atomic E-state index is 0.0711. The van der Waals surface area contributed by atoms with Gasteiger partial charge in [0.25, 0.3) is 0 Å². The molecule has 0 spiro atoms. The van der Waals surface area contributed by atoms with E-state index >= 15 is 0 Å². The fourth-order valence-electron chi connectivity index (χ4n) is 3.82. The highest BCUT2D eigenvalue weighted by molar-refractivity contribution is 7.99. The number of anilines is 2. The first-order chi connectivity index (χ1) is 15.1. The van der Waals surface area contributed by atoms with Gasteiger partial charge in [0, 0.05) is 36.1 Å². The van der Waals surface area contributed by atoms with Crippen LogP contribution in [-0.2, 0) is 11.2 Å². The highest BCUT2D eigenvalue weighted by Crippen LogP contribution is 2.34. The molecular formula is C25H28N4OS. The van der Waals surface area contributed by atoms with Crippen molar-refractivity contribution >= 4 is 29.2 Å². The van der Waals surface area contributed by atoms with Gasteiger partial charge < -0.3 is 10.2 Å². The number of carbonyl (C=O) groups is 1. The summed E-state index contributed by atoms with van der Waals surface area (Å²) in [7, 11) is 0. The molecule has 3 aromatic rings. The van der Waals surface area contributed by atoms with Crippen LogP contribution in [0.1, 0.15) is 30.9 Å². The van der Waals surface area contributed by atoms with Gasteiger partial charge in [-0.15, -0.1) is 0 Å². The summed E-state index contributed by atoms with van der Waals surface area (Å²) in [5, 5.41) is 3.99. The van der Waals surface area contributed by atoms with Crippen LogP contribution in [0, 0.1) is 12.8 Å². The van der Waals surface area contributed by atoms with Crippen LogP contribution in [0.2, 0.25) is 0 Å². The van der Waals surface area contributed by atoms with Crippen molar-refractivity contribution in [2.75, 3.05) is 23.3 Å². The molecule has 1 amide bonds.